The maximum Gasteiger partial charge on any atom is 0.341 e. The van der Waals surface area contributed by atoms with Gasteiger partial charge in [-0.05, 0) is 35.9 Å². The van der Waals surface area contributed by atoms with Crippen molar-refractivity contribution in [2.45, 2.75) is 0 Å². The summed E-state index contributed by atoms with van der Waals surface area (Å²) in [6.07, 6.45) is 5.16. The molecule has 1 N–H and O–H groups in total. The number of pyridine rings is 2. The Morgan fingerprint density at radius 3 is 2.52 bits per heavy atom. The molecule has 1 aromatic carbocycles. The lowest BCUT2D eigenvalue weighted by atomic mass is 10.0. The number of carbonyl (C=O) groups excluding carboxylic acids is 1. The van der Waals surface area contributed by atoms with E-state index in [2.05, 4.69) is 27.1 Å². The molecule has 0 saturated carbocycles. The van der Waals surface area contributed by atoms with E-state index in [1.54, 1.807) is 31.8 Å². The number of nitrogens with zero attached hydrogens (tertiary/aromatic N) is 2. The van der Waals surface area contributed by atoms with E-state index < -0.39 is 5.97 Å². The maximum atomic E-state index is 12.2. The number of carbonyl (C=O) groups is 1. The van der Waals surface area contributed by atoms with Gasteiger partial charge in [-0.15, -0.1) is 0 Å². The molecule has 0 aliphatic rings. The van der Waals surface area contributed by atoms with Crippen LogP contribution in [0, 0.1) is 11.8 Å². The van der Waals surface area contributed by atoms with Crippen molar-refractivity contribution >= 4 is 11.8 Å². The molecule has 2 heterocycles. The summed E-state index contributed by atoms with van der Waals surface area (Å²) in [4.78, 5) is 20.6. The quantitative estimate of drug-likeness (QED) is 0.397. The zero-order valence-corrected chi connectivity index (χ0v) is 16.3. The van der Waals surface area contributed by atoms with Gasteiger partial charge in [0.2, 0.25) is 0 Å². The minimum absolute atomic E-state index is 0.376. The number of anilines is 1. The highest BCUT2D eigenvalue weighted by Crippen LogP contribution is 2.24. The number of aromatic nitrogens is 2. The largest absolute Gasteiger partial charge is 0.465 e. The van der Waals surface area contributed by atoms with Crippen LogP contribution in [0.5, 0.6) is 0 Å². The second kappa shape index (κ2) is 10.0. The number of ether oxygens (including phenoxy) is 2. The monoisotopic (exact) mass is 387 g/mol. The van der Waals surface area contributed by atoms with Gasteiger partial charge in [-0.2, -0.15) is 0 Å². The Morgan fingerprint density at radius 2 is 1.83 bits per heavy atom. The van der Waals surface area contributed by atoms with Gasteiger partial charge in [0.05, 0.1) is 13.7 Å². The molecule has 0 fully saturated rings. The Balaban J connectivity index is 1.82. The SMILES string of the molecule is COCCNc1ncc(-c2ccc(C#Cc3cccnc3)cc2)cc1C(=O)OC. The zero-order valence-electron chi connectivity index (χ0n) is 16.3. The van der Waals surface area contributed by atoms with Gasteiger partial charge >= 0.3 is 5.97 Å². The lowest BCUT2D eigenvalue weighted by Crippen LogP contribution is -2.14. The van der Waals surface area contributed by atoms with Gasteiger partial charge in [-0.25, -0.2) is 9.78 Å². The summed E-state index contributed by atoms with van der Waals surface area (Å²) in [6, 6.07) is 13.3. The van der Waals surface area contributed by atoms with E-state index in [0.717, 1.165) is 22.3 Å². The third kappa shape index (κ3) is 5.41. The van der Waals surface area contributed by atoms with E-state index in [9.17, 15) is 4.79 Å². The van der Waals surface area contributed by atoms with E-state index in [0.29, 0.717) is 24.5 Å². The topological polar surface area (TPSA) is 73.3 Å². The minimum Gasteiger partial charge on any atom is -0.465 e. The van der Waals surface area contributed by atoms with Crippen molar-refractivity contribution < 1.29 is 14.3 Å². The molecule has 2 aromatic heterocycles. The molecule has 0 aliphatic heterocycles. The van der Waals surface area contributed by atoms with Crippen LogP contribution >= 0.6 is 0 Å². The molecule has 0 aliphatic carbocycles. The van der Waals surface area contributed by atoms with Crippen LogP contribution in [0.3, 0.4) is 0 Å². The zero-order chi connectivity index (χ0) is 20.5. The summed E-state index contributed by atoms with van der Waals surface area (Å²) in [5, 5.41) is 3.09. The highest BCUT2D eigenvalue weighted by Gasteiger charge is 2.15. The van der Waals surface area contributed by atoms with Crippen molar-refractivity contribution in [1.29, 1.82) is 0 Å². The summed E-state index contributed by atoms with van der Waals surface area (Å²) in [5.41, 5.74) is 3.87. The molecule has 6 nitrogen and oxygen atoms in total. The van der Waals surface area contributed by atoms with Gasteiger partial charge in [0, 0.05) is 48.9 Å². The Bertz CT molecular complexity index is 1020. The van der Waals surface area contributed by atoms with Crippen molar-refractivity contribution in [2.24, 2.45) is 0 Å². The lowest BCUT2D eigenvalue weighted by molar-refractivity contribution is 0.0601. The highest BCUT2D eigenvalue weighted by molar-refractivity contribution is 5.96. The first-order valence-electron chi connectivity index (χ1n) is 9.05. The van der Waals surface area contributed by atoms with Gasteiger partial charge in [0.25, 0.3) is 0 Å². The minimum atomic E-state index is -0.446. The molecule has 6 heteroatoms. The number of hydrogen-bond acceptors (Lipinski definition) is 6. The molecular formula is C23H21N3O3. The summed E-state index contributed by atoms with van der Waals surface area (Å²) < 4.78 is 9.92. The smallest absolute Gasteiger partial charge is 0.341 e. The van der Waals surface area contributed by atoms with E-state index in [1.807, 2.05) is 36.4 Å². The van der Waals surface area contributed by atoms with Crippen LogP contribution in [0.25, 0.3) is 11.1 Å². The van der Waals surface area contributed by atoms with Gasteiger partial charge in [-0.1, -0.05) is 24.0 Å². The molecule has 3 aromatic rings. The van der Waals surface area contributed by atoms with Crippen LogP contribution in [0.15, 0.2) is 61.1 Å². The summed E-state index contributed by atoms with van der Waals surface area (Å²) in [7, 11) is 2.97. The van der Waals surface area contributed by atoms with E-state index in [-0.39, 0.29) is 0 Å². The van der Waals surface area contributed by atoms with Crippen molar-refractivity contribution in [3.8, 4) is 23.0 Å². The van der Waals surface area contributed by atoms with Crippen molar-refractivity contribution in [2.75, 3.05) is 32.7 Å². The van der Waals surface area contributed by atoms with Gasteiger partial charge < -0.3 is 14.8 Å². The molecule has 146 valence electrons. The standard InChI is InChI=1S/C23H21N3O3/c1-28-13-12-25-22-21(23(27)29-2)14-20(16-26-22)19-9-7-17(8-10-19)5-6-18-4-3-11-24-15-18/h3-4,7-11,14-16H,12-13H2,1-2H3,(H,25,26). The Labute approximate surface area is 169 Å². The van der Waals surface area contributed by atoms with Crippen LogP contribution in [0.1, 0.15) is 21.5 Å². The lowest BCUT2D eigenvalue weighted by Gasteiger charge is -2.11. The summed E-state index contributed by atoms with van der Waals surface area (Å²) >= 11 is 0. The number of esters is 1. The third-order valence-electron chi connectivity index (χ3n) is 4.12. The first kappa shape index (κ1) is 20.1. The van der Waals surface area contributed by atoms with Crippen LogP contribution in [-0.4, -0.2) is 43.3 Å². The number of rotatable bonds is 6. The van der Waals surface area contributed by atoms with Gasteiger partial charge in [0.1, 0.15) is 11.4 Å². The molecule has 0 spiro atoms. The molecule has 0 radical (unpaired) electrons. The molecule has 0 atom stereocenters. The predicted octanol–water partition coefficient (Wildman–Crippen LogP) is 3.39. The number of nitrogens with one attached hydrogen (secondary N) is 1. The average Bonchev–Trinajstić information content (AvgIpc) is 2.78. The van der Waals surface area contributed by atoms with Gasteiger partial charge in [0.15, 0.2) is 0 Å². The number of benzene rings is 1. The molecule has 0 amide bonds. The second-order valence-corrected chi connectivity index (χ2v) is 6.10. The third-order valence-corrected chi connectivity index (χ3v) is 4.12. The average molecular weight is 387 g/mol. The molecule has 0 saturated heterocycles. The van der Waals surface area contributed by atoms with E-state index >= 15 is 0 Å². The Hall–Kier alpha value is -3.69. The van der Waals surface area contributed by atoms with Gasteiger partial charge in [-0.3, -0.25) is 4.98 Å². The highest BCUT2D eigenvalue weighted by atomic mass is 16.5. The fraction of sp³-hybridized carbons (Fsp3) is 0.174. The summed E-state index contributed by atoms with van der Waals surface area (Å²) in [5.74, 6) is 6.22. The number of hydrogen-bond donors (Lipinski definition) is 1. The predicted molar refractivity (Wildman–Crippen MR) is 112 cm³/mol. The molecule has 3 rings (SSSR count). The van der Waals surface area contributed by atoms with Crippen LogP contribution < -0.4 is 5.32 Å². The Morgan fingerprint density at radius 1 is 1.03 bits per heavy atom. The van der Waals surface area contributed by atoms with Crippen molar-refractivity contribution in [1.82, 2.24) is 9.97 Å². The van der Waals surface area contributed by atoms with Crippen molar-refractivity contribution in [3.63, 3.8) is 0 Å². The fourth-order valence-electron chi connectivity index (χ4n) is 2.63. The molecular weight excluding hydrogens is 366 g/mol. The van der Waals surface area contributed by atoms with Crippen LogP contribution in [0.4, 0.5) is 5.82 Å². The second-order valence-electron chi connectivity index (χ2n) is 6.10. The van der Waals surface area contributed by atoms with Crippen molar-refractivity contribution in [3.05, 3.63) is 77.7 Å². The number of methoxy groups -OCH3 is 2. The molecule has 29 heavy (non-hydrogen) atoms. The molecule has 0 bridgehead atoms. The molecule has 0 unspecified atom stereocenters. The van der Waals surface area contributed by atoms with Crippen LogP contribution in [-0.2, 0) is 9.47 Å². The maximum absolute atomic E-state index is 12.2. The van der Waals surface area contributed by atoms with E-state index in [4.69, 9.17) is 9.47 Å². The van der Waals surface area contributed by atoms with Crippen LogP contribution in [0.2, 0.25) is 0 Å². The Kier molecular flexibility index (Phi) is 6.93. The first-order valence-corrected chi connectivity index (χ1v) is 9.05. The fourth-order valence-corrected chi connectivity index (χ4v) is 2.63. The van der Waals surface area contributed by atoms with E-state index in [1.165, 1.54) is 7.11 Å². The summed E-state index contributed by atoms with van der Waals surface area (Å²) in [6.45, 7) is 1.04. The normalized spacial score (nSPS) is 10.0. The first-order chi connectivity index (χ1) is 14.2.